The lowest BCUT2D eigenvalue weighted by atomic mass is 9.78. The van der Waals surface area contributed by atoms with Crippen LogP contribution >= 0.6 is 11.6 Å². The molecule has 0 aliphatic heterocycles. The van der Waals surface area contributed by atoms with E-state index in [-0.39, 0.29) is 18.1 Å². The quantitative estimate of drug-likeness (QED) is 0.528. The number of methoxy groups -OCH3 is 1. The van der Waals surface area contributed by atoms with Gasteiger partial charge in [0.05, 0.1) is 18.8 Å². The maximum absolute atomic E-state index is 11.4. The van der Waals surface area contributed by atoms with Gasteiger partial charge in [-0.05, 0) is 19.3 Å². The predicted molar refractivity (Wildman–Crippen MR) is 58.1 cm³/mol. The van der Waals surface area contributed by atoms with E-state index in [0.29, 0.717) is 19.1 Å². The van der Waals surface area contributed by atoms with E-state index >= 15 is 0 Å². The molecular weight excluding hydrogens is 218 g/mol. The Bertz CT molecular complexity index is 201. The van der Waals surface area contributed by atoms with Gasteiger partial charge in [0.2, 0.25) is 5.91 Å². The lowest BCUT2D eigenvalue weighted by molar-refractivity contribution is -0.128. The molecule has 0 heterocycles. The number of hydrogen-bond donors (Lipinski definition) is 1. The third kappa shape index (κ3) is 3.97. The molecule has 0 spiro atoms. The monoisotopic (exact) mass is 235 g/mol. The molecule has 0 aromatic rings. The topological polar surface area (TPSA) is 47.6 Å². The summed E-state index contributed by atoms with van der Waals surface area (Å²) in [7, 11) is 1.60. The fourth-order valence-electron chi connectivity index (χ4n) is 1.53. The van der Waals surface area contributed by atoms with Gasteiger partial charge < -0.3 is 14.8 Å². The fraction of sp³-hybridized carbons (Fsp3) is 0.900. The Morgan fingerprint density at radius 2 is 2.20 bits per heavy atom. The lowest BCUT2D eigenvalue weighted by Crippen LogP contribution is -2.55. The van der Waals surface area contributed by atoms with Crippen LogP contribution in [-0.2, 0) is 14.3 Å². The van der Waals surface area contributed by atoms with Crippen LogP contribution in [0.25, 0.3) is 0 Å². The van der Waals surface area contributed by atoms with Gasteiger partial charge in [0.1, 0.15) is 6.61 Å². The van der Waals surface area contributed by atoms with E-state index < -0.39 is 0 Å². The average molecular weight is 236 g/mol. The van der Waals surface area contributed by atoms with Crippen molar-refractivity contribution in [2.24, 2.45) is 0 Å². The molecule has 0 radical (unpaired) electrons. The molecule has 0 bridgehead atoms. The smallest absolute Gasteiger partial charge is 0.246 e. The number of ether oxygens (including phenoxy) is 2. The fourth-order valence-corrected chi connectivity index (χ4v) is 1.87. The van der Waals surface area contributed by atoms with E-state index in [9.17, 15) is 4.79 Å². The first-order valence-electron chi connectivity index (χ1n) is 5.16. The summed E-state index contributed by atoms with van der Waals surface area (Å²) in [6.45, 7) is 1.04. The molecule has 1 aliphatic carbocycles. The third-order valence-corrected chi connectivity index (χ3v) is 3.15. The highest BCUT2D eigenvalue weighted by Gasteiger charge is 2.37. The van der Waals surface area contributed by atoms with Gasteiger partial charge in [-0.15, -0.1) is 11.6 Å². The zero-order valence-electron chi connectivity index (χ0n) is 9.05. The van der Waals surface area contributed by atoms with Gasteiger partial charge in [-0.2, -0.15) is 0 Å². The van der Waals surface area contributed by atoms with Crippen LogP contribution in [-0.4, -0.2) is 44.3 Å². The number of nitrogens with one attached hydrogen (secondary N) is 1. The van der Waals surface area contributed by atoms with Gasteiger partial charge in [0, 0.05) is 13.0 Å². The highest BCUT2D eigenvalue weighted by atomic mass is 35.5. The van der Waals surface area contributed by atoms with Gasteiger partial charge in [0.25, 0.3) is 0 Å². The molecule has 0 aromatic heterocycles. The number of amides is 1. The summed E-state index contributed by atoms with van der Waals surface area (Å²) in [5.74, 6) is 0.392. The van der Waals surface area contributed by atoms with Crippen LogP contribution in [0.2, 0.25) is 0 Å². The summed E-state index contributed by atoms with van der Waals surface area (Å²) in [6, 6.07) is 0. The molecule has 5 heteroatoms. The third-order valence-electron chi connectivity index (χ3n) is 2.64. The van der Waals surface area contributed by atoms with Crippen molar-refractivity contribution in [3.8, 4) is 0 Å². The molecule has 1 aliphatic rings. The van der Waals surface area contributed by atoms with Crippen LogP contribution in [0, 0.1) is 0 Å². The molecule has 4 nitrogen and oxygen atoms in total. The van der Waals surface area contributed by atoms with Crippen molar-refractivity contribution in [2.45, 2.75) is 24.8 Å². The minimum atomic E-state index is -0.163. The van der Waals surface area contributed by atoms with Crippen molar-refractivity contribution in [3.05, 3.63) is 0 Å². The number of hydrogen-bond acceptors (Lipinski definition) is 3. The lowest BCUT2D eigenvalue weighted by Gasteiger charge is -2.40. The average Bonchev–Trinajstić information content (AvgIpc) is 2.18. The zero-order valence-corrected chi connectivity index (χ0v) is 9.81. The number of rotatable bonds is 7. The Morgan fingerprint density at radius 3 is 2.67 bits per heavy atom. The van der Waals surface area contributed by atoms with E-state index in [2.05, 4.69) is 5.32 Å². The Morgan fingerprint density at radius 1 is 1.47 bits per heavy atom. The molecule has 0 saturated heterocycles. The van der Waals surface area contributed by atoms with Crippen molar-refractivity contribution >= 4 is 17.5 Å². The molecule has 1 rings (SSSR count). The first-order valence-corrected chi connectivity index (χ1v) is 5.69. The van der Waals surface area contributed by atoms with E-state index in [0.717, 1.165) is 19.3 Å². The van der Waals surface area contributed by atoms with E-state index in [4.69, 9.17) is 21.1 Å². The zero-order chi connectivity index (χ0) is 11.1. The SMILES string of the molecule is COCCOCC(=O)NC1(CCl)CCC1. The van der Waals surface area contributed by atoms with Gasteiger partial charge in [-0.25, -0.2) is 0 Å². The van der Waals surface area contributed by atoms with Crippen LogP contribution in [0.15, 0.2) is 0 Å². The summed E-state index contributed by atoms with van der Waals surface area (Å²) < 4.78 is 9.91. The van der Waals surface area contributed by atoms with Crippen LogP contribution < -0.4 is 5.32 Å². The van der Waals surface area contributed by atoms with Gasteiger partial charge in [-0.3, -0.25) is 4.79 Å². The van der Waals surface area contributed by atoms with Crippen LogP contribution in [0.1, 0.15) is 19.3 Å². The second-order valence-corrected chi connectivity index (χ2v) is 4.13. The summed E-state index contributed by atoms with van der Waals surface area (Å²) >= 11 is 5.81. The maximum Gasteiger partial charge on any atom is 0.246 e. The van der Waals surface area contributed by atoms with Crippen LogP contribution in [0.5, 0.6) is 0 Å². The predicted octanol–water partition coefficient (Wildman–Crippen LogP) is 0.927. The maximum atomic E-state index is 11.4. The van der Waals surface area contributed by atoms with Gasteiger partial charge >= 0.3 is 0 Å². The molecule has 88 valence electrons. The summed E-state index contributed by atoms with van der Waals surface area (Å²) in [6.07, 6.45) is 3.08. The minimum Gasteiger partial charge on any atom is -0.382 e. The van der Waals surface area contributed by atoms with Crippen molar-refractivity contribution < 1.29 is 14.3 Å². The minimum absolute atomic E-state index is 0.0853. The Labute approximate surface area is 95.3 Å². The number of carbonyl (C=O) groups excluding carboxylic acids is 1. The van der Waals surface area contributed by atoms with Gasteiger partial charge in [-0.1, -0.05) is 0 Å². The molecule has 15 heavy (non-hydrogen) atoms. The van der Waals surface area contributed by atoms with E-state index in [1.165, 1.54) is 0 Å². The first-order chi connectivity index (χ1) is 7.22. The Hall–Kier alpha value is -0.320. The van der Waals surface area contributed by atoms with E-state index in [1.807, 2.05) is 0 Å². The van der Waals surface area contributed by atoms with Gasteiger partial charge in [0.15, 0.2) is 0 Å². The number of halogens is 1. The summed E-state index contributed by atoms with van der Waals surface area (Å²) in [4.78, 5) is 11.4. The van der Waals surface area contributed by atoms with E-state index in [1.54, 1.807) is 7.11 Å². The molecule has 1 amide bonds. The molecule has 1 N–H and O–H groups in total. The van der Waals surface area contributed by atoms with Crippen molar-refractivity contribution in [1.82, 2.24) is 5.32 Å². The van der Waals surface area contributed by atoms with Crippen molar-refractivity contribution in [2.75, 3.05) is 32.8 Å². The Kier molecular flexibility index (Phi) is 5.36. The number of alkyl halides is 1. The second kappa shape index (κ2) is 6.30. The first kappa shape index (κ1) is 12.7. The molecule has 1 saturated carbocycles. The summed E-state index contributed by atoms with van der Waals surface area (Å²) in [5.41, 5.74) is -0.163. The van der Waals surface area contributed by atoms with Crippen LogP contribution in [0.4, 0.5) is 0 Å². The molecule has 0 unspecified atom stereocenters. The largest absolute Gasteiger partial charge is 0.382 e. The highest BCUT2D eigenvalue weighted by Crippen LogP contribution is 2.32. The molecule has 1 fully saturated rings. The Balaban J connectivity index is 2.12. The van der Waals surface area contributed by atoms with Crippen molar-refractivity contribution in [3.63, 3.8) is 0 Å². The second-order valence-electron chi connectivity index (χ2n) is 3.86. The number of carbonyl (C=O) groups is 1. The standard InChI is InChI=1S/C10H18ClNO3/c1-14-5-6-15-7-9(13)12-10(8-11)3-2-4-10/h2-8H2,1H3,(H,12,13). The molecule has 0 atom stereocenters. The van der Waals surface area contributed by atoms with Crippen LogP contribution in [0.3, 0.4) is 0 Å². The highest BCUT2D eigenvalue weighted by molar-refractivity contribution is 6.18. The normalized spacial score (nSPS) is 18.3. The molecular formula is C10H18ClNO3. The van der Waals surface area contributed by atoms with Crippen molar-refractivity contribution in [1.29, 1.82) is 0 Å². The molecule has 0 aromatic carbocycles. The summed E-state index contributed by atoms with van der Waals surface area (Å²) in [5, 5.41) is 2.92.